The van der Waals surface area contributed by atoms with Gasteiger partial charge >= 0.3 is 12.1 Å². The van der Waals surface area contributed by atoms with Crippen LogP contribution in [0.1, 0.15) is 36.6 Å². The number of carboxylic acid groups (broad SMARTS) is 1. The molecule has 0 spiro atoms. The highest BCUT2D eigenvalue weighted by molar-refractivity contribution is 5.89. The normalized spacial score (nSPS) is 14.0. The van der Waals surface area contributed by atoms with Gasteiger partial charge in [-0.25, -0.2) is 9.59 Å². The van der Waals surface area contributed by atoms with E-state index in [1.165, 1.54) is 0 Å². The van der Waals surface area contributed by atoms with Crippen molar-refractivity contribution in [1.29, 1.82) is 0 Å². The predicted molar refractivity (Wildman–Crippen MR) is 131 cm³/mol. The van der Waals surface area contributed by atoms with Crippen molar-refractivity contribution >= 4 is 18.0 Å². The number of carboxylic acids is 1. The number of aromatic nitrogens is 1. The lowest BCUT2D eigenvalue weighted by atomic mass is 9.98. The molecule has 0 bridgehead atoms. The van der Waals surface area contributed by atoms with Gasteiger partial charge in [-0.1, -0.05) is 62.4 Å². The number of hydrogen-bond donors (Lipinski definition) is 4. The summed E-state index contributed by atoms with van der Waals surface area (Å²) in [7, 11) is 0. The summed E-state index contributed by atoms with van der Waals surface area (Å²) in [6.45, 7) is 3.52. The number of alkyl carbamates (subject to hydrolysis) is 1. The Hall–Kier alpha value is -4.07. The molecule has 0 radical (unpaired) electrons. The fraction of sp³-hybridized carbons (Fsp3) is 0.296. The molecule has 4 N–H and O–H groups in total. The summed E-state index contributed by atoms with van der Waals surface area (Å²) < 4.78 is 5.58. The SMILES string of the molecule is CC(C)[C@@H](NC(=O)C(Cc1ccc[nH]1)NC(=O)OCC1c2ccccc2-c2ccccc21)C(=O)O. The highest BCUT2D eigenvalue weighted by Gasteiger charge is 2.31. The van der Waals surface area contributed by atoms with Gasteiger partial charge < -0.3 is 25.5 Å². The van der Waals surface area contributed by atoms with Gasteiger partial charge in [0.15, 0.2) is 0 Å². The summed E-state index contributed by atoms with van der Waals surface area (Å²) in [5.41, 5.74) is 5.14. The summed E-state index contributed by atoms with van der Waals surface area (Å²) in [6, 6.07) is 17.5. The average molecular weight is 476 g/mol. The average Bonchev–Trinajstić information content (AvgIpc) is 3.46. The number of rotatable bonds is 9. The number of amides is 2. The van der Waals surface area contributed by atoms with E-state index in [4.69, 9.17) is 4.74 Å². The second-order valence-corrected chi connectivity index (χ2v) is 8.99. The van der Waals surface area contributed by atoms with E-state index < -0.39 is 30.1 Å². The molecule has 0 saturated heterocycles. The van der Waals surface area contributed by atoms with Crippen molar-refractivity contribution in [2.45, 2.75) is 38.3 Å². The van der Waals surface area contributed by atoms with E-state index in [9.17, 15) is 19.5 Å². The van der Waals surface area contributed by atoms with Gasteiger partial charge in [0.1, 0.15) is 18.7 Å². The number of nitrogens with one attached hydrogen (secondary N) is 3. The molecule has 2 atom stereocenters. The second-order valence-electron chi connectivity index (χ2n) is 8.99. The quantitative estimate of drug-likeness (QED) is 0.376. The minimum atomic E-state index is -1.13. The molecule has 8 heteroatoms. The first kappa shape index (κ1) is 24.1. The summed E-state index contributed by atoms with van der Waals surface area (Å²) in [6.07, 6.45) is 1.13. The van der Waals surface area contributed by atoms with Gasteiger partial charge in [0.2, 0.25) is 5.91 Å². The van der Waals surface area contributed by atoms with Crippen molar-refractivity contribution in [3.8, 4) is 11.1 Å². The molecule has 1 aromatic heterocycles. The number of carbonyl (C=O) groups excluding carboxylic acids is 2. The van der Waals surface area contributed by atoms with Crippen LogP contribution >= 0.6 is 0 Å². The van der Waals surface area contributed by atoms with Crippen LogP contribution in [-0.4, -0.2) is 46.8 Å². The Kier molecular flexibility index (Phi) is 7.19. The Labute approximate surface area is 203 Å². The van der Waals surface area contributed by atoms with Crippen LogP contribution in [-0.2, 0) is 20.7 Å². The number of ether oxygens (including phenoxy) is 1. The van der Waals surface area contributed by atoms with Crippen LogP contribution in [0.15, 0.2) is 66.9 Å². The van der Waals surface area contributed by atoms with Crippen molar-refractivity contribution in [2.75, 3.05) is 6.61 Å². The molecule has 1 unspecified atom stereocenters. The molecular weight excluding hydrogens is 446 g/mol. The Morgan fingerprint density at radius 3 is 2.11 bits per heavy atom. The van der Waals surface area contributed by atoms with Crippen LogP contribution in [0.3, 0.4) is 0 Å². The van der Waals surface area contributed by atoms with Gasteiger partial charge in [0, 0.05) is 24.2 Å². The van der Waals surface area contributed by atoms with E-state index in [0.29, 0.717) is 0 Å². The Morgan fingerprint density at radius 2 is 1.57 bits per heavy atom. The number of aromatic amines is 1. The monoisotopic (exact) mass is 475 g/mol. The van der Waals surface area contributed by atoms with E-state index >= 15 is 0 Å². The van der Waals surface area contributed by atoms with Crippen molar-refractivity contribution in [3.05, 3.63) is 83.7 Å². The zero-order valence-electron chi connectivity index (χ0n) is 19.7. The number of fused-ring (bicyclic) bond motifs is 3. The molecule has 8 nitrogen and oxygen atoms in total. The van der Waals surface area contributed by atoms with Crippen LogP contribution in [0.25, 0.3) is 11.1 Å². The fourth-order valence-electron chi connectivity index (χ4n) is 4.47. The van der Waals surface area contributed by atoms with Crippen LogP contribution in [0.4, 0.5) is 4.79 Å². The molecule has 1 aliphatic rings. The molecular formula is C27H29N3O5. The van der Waals surface area contributed by atoms with Gasteiger partial charge in [-0.05, 0) is 40.3 Å². The van der Waals surface area contributed by atoms with Gasteiger partial charge in [-0.2, -0.15) is 0 Å². The lowest BCUT2D eigenvalue weighted by Crippen LogP contribution is -2.54. The highest BCUT2D eigenvalue weighted by atomic mass is 16.5. The lowest BCUT2D eigenvalue weighted by Gasteiger charge is -2.23. The van der Waals surface area contributed by atoms with E-state index in [1.54, 1.807) is 32.2 Å². The molecule has 2 aromatic carbocycles. The van der Waals surface area contributed by atoms with E-state index in [2.05, 4.69) is 27.8 Å². The summed E-state index contributed by atoms with van der Waals surface area (Å²) >= 11 is 0. The maximum Gasteiger partial charge on any atom is 0.407 e. The third kappa shape index (κ3) is 5.37. The number of hydrogen-bond acceptors (Lipinski definition) is 4. The number of benzene rings is 2. The minimum absolute atomic E-state index is 0.110. The largest absolute Gasteiger partial charge is 0.480 e. The molecule has 1 aliphatic carbocycles. The third-order valence-electron chi connectivity index (χ3n) is 6.27. The fourth-order valence-corrected chi connectivity index (χ4v) is 4.47. The molecule has 0 aliphatic heterocycles. The maximum absolute atomic E-state index is 13.0. The van der Waals surface area contributed by atoms with Crippen molar-refractivity contribution < 1.29 is 24.2 Å². The zero-order valence-corrected chi connectivity index (χ0v) is 19.7. The standard InChI is InChI=1S/C27H29N3O5/c1-16(2)24(26(32)33)30-25(31)23(14-17-8-7-13-28-17)29-27(34)35-15-22-20-11-5-3-9-18(20)19-10-4-6-12-21(19)22/h3-13,16,22-24,28H,14-15H2,1-2H3,(H,29,34)(H,30,31)(H,32,33)/t23?,24-/m1/s1. The maximum atomic E-state index is 13.0. The molecule has 2 amide bonds. The second kappa shape index (κ2) is 10.5. The molecule has 35 heavy (non-hydrogen) atoms. The summed E-state index contributed by atoms with van der Waals surface area (Å²) in [5.74, 6) is -2.15. The topological polar surface area (TPSA) is 121 Å². The molecule has 4 rings (SSSR count). The summed E-state index contributed by atoms with van der Waals surface area (Å²) in [5, 5.41) is 14.6. The number of aliphatic carboxylic acids is 1. The zero-order chi connectivity index (χ0) is 24.9. The number of carbonyl (C=O) groups is 3. The molecule has 0 fully saturated rings. The van der Waals surface area contributed by atoms with E-state index in [1.807, 2.05) is 36.4 Å². The van der Waals surface area contributed by atoms with Gasteiger partial charge in [-0.15, -0.1) is 0 Å². The van der Waals surface area contributed by atoms with Crippen LogP contribution in [0.2, 0.25) is 0 Å². The van der Waals surface area contributed by atoms with Crippen molar-refractivity contribution in [3.63, 3.8) is 0 Å². The molecule has 1 heterocycles. The van der Waals surface area contributed by atoms with Crippen molar-refractivity contribution in [1.82, 2.24) is 15.6 Å². The summed E-state index contributed by atoms with van der Waals surface area (Å²) in [4.78, 5) is 40.3. The Bertz CT molecular complexity index is 1160. The van der Waals surface area contributed by atoms with Crippen molar-refractivity contribution in [2.24, 2.45) is 5.92 Å². The highest BCUT2D eigenvalue weighted by Crippen LogP contribution is 2.44. The number of H-pyrrole nitrogens is 1. The molecule has 182 valence electrons. The third-order valence-corrected chi connectivity index (χ3v) is 6.27. The Balaban J connectivity index is 1.45. The van der Waals surface area contributed by atoms with Crippen LogP contribution < -0.4 is 10.6 Å². The van der Waals surface area contributed by atoms with Crippen LogP contribution in [0.5, 0.6) is 0 Å². The lowest BCUT2D eigenvalue weighted by molar-refractivity contribution is -0.143. The Morgan fingerprint density at radius 1 is 0.943 bits per heavy atom. The van der Waals surface area contributed by atoms with E-state index in [-0.39, 0.29) is 24.9 Å². The minimum Gasteiger partial charge on any atom is -0.480 e. The van der Waals surface area contributed by atoms with Gasteiger partial charge in [0.25, 0.3) is 0 Å². The van der Waals surface area contributed by atoms with E-state index in [0.717, 1.165) is 27.9 Å². The smallest absolute Gasteiger partial charge is 0.407 e. The molecule has 0 saturated carbocycles. The predicted octanol–water partition coefficient (Wildman–Crippen LogP) is 3.69. The van der Waals surface area contributed by atoms with Gasteiger partial charge in [0.05, 0.1) is 0 Å². The van der Waals surface area contributed by atoms with Gasteiger partial charge in [-0.3, -0.25) is 4.79 Å². The molecule has 3 aromatic rings. The first-order chi connectivity index (χ1) is 16.8. The first-order valence-electron chi connectivity index (χ1n) is 11.6. The van der Waals surface area contributed by atoms with Crippen LogP contribution in [0, 0.1) is 5.92 Å². The first-order valence-corrected chi connectivity index (χ1v) is 11.6.